The molecule has 1 aliphatic heterocycles. The van der Waals surface area contributed by atoms with Gasteiger partial charge in [0.25, 0.3) is 0 Å². The van der Waals surface area contributed by atoms with E-state index in [1.165, 1.54) is 6.26 Å². The van der Waals surface area contributed by atoms with Crippen LogP contribution in [0.3, 0.4) is 0 Å². The highest BCUT2D eigenvalue weighted by molar-refractivity contribution is 7.88. The van der Waals surface area contributed by atoms with Crippen LogP contribution in [-0.4, -0.2) is 56.9 Å². The lowest BCUT2D eigenvalue weighted by atomic mass is 9.64. The third-order valence-electron chi connectivity index (χ3n) is 4.91. The Hall–Kier alpha value is -0.170. The van der Waals surface area contributed by atoms with Crippen molar-refractivity contribution in [3.8, 4) is 0 Å². The van der Waals surface area contributed by atoms with Gasteiger partial charge in [-0.3, -0.25) is 0 Å². The molecule has 1 saturated heterocycles. The minimum Gasteiger partial charge on any atom is -0.378 e. The third kappa shape index (κ3) is 3.35. The number of sulfonamides is 1. The van der Waals surface area contributed by atoms with E-state index in [-0.39, 0.29) is 5.41 Å². The first-order valence-electron chi connectivity index (χ1n) is 7.58. The number of ether oxygens (including phenoxy) is 1. The van der Waals surface area contributed by atoms with Gasteiger partial charge in [0.1, 0.15) is 0 Å². The summed E-state index contributed by atoms with van der Waals surface area (Å²) < 4.78 is 30.3. The van der Waals surface area contributed by atoms with Gasteiger partial charge >= 0.3 is 0 Å². The number of nitrogens with zero attached hydrogens (tertiary/aromatic N) is 1. The predicted octanol–water partition coefficient (Wildman–Crippen LogP) is 1.20. The highest BCUT2D eigenvalue weighted by atomic mass is 32.2. The smallest absolute Gasteiger partial charge is 0.211 e. The van der Waals surface area contributed by atoms with E-state index in [0.717, 1.165) is 25.9 Å². The van der Waals surface area contributed by atoms with Gasteiger partial charge in [0.15, 0.2) is 0 Å². The second-order valence-electron chi connectivity index (χ2n) is 6.66. The van der Waals surface area contributed by atoms with Crippen LogP contribution in [0.1, 0.15) is 40.0 Å². The normalized spacial score (nSPS) is 32.0. The number of hydrogen-bond acceptors (Lipinski definition) is 4. The minimum absolute atomic E-state index is 0.171. The van der Waals surface area contributed by atoms with Crippen molar-refractivity contribution in [2.24, 2.45) is 5.41 Å². The first kappa shape index (κ1) is 16.2. The molecule has 2 aliphatic rings. The van der Waals surface area contributed by atoms with Crippen LogP contribution in [0.5, 0.6) is 0 Å². The molecule has 2 atom stereocenters. The zero-order valence-electron chi connectivity index (χ0n) is 13.1. The molecule has 0 spiro atoms. The molecule has 0 amide bonds. The molecule has 1 saturated carbocycles. The fourth-order valence-corrected chi connectivity index (χ4v) is 4.17. The number of piperidine rings is 1. The van der Waals surface area contributed by atoms with Gasteiger partial charge in [-0.05, 0) is 26.2 Å². The molecular weight excluding hydrogens is 276 g/mol. The Labute approximate surface area is 123 Å². The molecule has 0 aromatic rings. The van der Waals surface area contributed by atoms with E-state index in [1.807, 2.05) is 6.92 Å². The first-order chi connectivity index (χ1) is 9.25. The van der Waals surface area contributed by atoms with Gasteiger partial charge in [0, 0.05) is 37.2 Å². The summed E-state index contributed by atoms with van der Waals surface area (Å²) in [7, 11) is -3.02. The van der Waals surface area contributed by atoms with E-state index in [0.29, 0.717) is 31.3 Å². The maximum atomic E-state index is 11.5. The number of rotatable bonds is 5. The molecule has 20 heavy (non-hydrogen) atoms. The van der Waals surface area contributed by atoms with Gasteiger partial charge in [-0.1, -0.05) is 13.8 Å². The maximum Gasteiger partial charge on any atom is 0.211 e. The predicted molar refractivity (Wildman–Crippen MR) is 80.2 cm³/mol. The van der Waals surface area contributed by atoms with Crippen LogP contribution in [0.15, 0.2) is 0 Å². The lowest BCUT2D eigenvalue weighted by molar-refractivity contribution is -0.117. The van der Waals surface area contributed by atoms with Gasteiger partial charge in [-0.15, -0.1) is 0 Å². The van der Waals surface area contributed by atoms with E-state index < -0.39 is 10.0 Å². The Morgan fingerprint density at radius 2 is 1.90 bits per heavy atom. The third-order valence-corrected chi connectivity index (χ3v) is 6.21. The highest BCUT2D eigenvalue weighted by Gasteiger charge is 2.49. The molecule has 0 radical (unpaired) electrons. The summed E-state index contributed by atoms with van der Waals surface area (Å²) in [5, 5.41) is 3.70. The average molecular weight is 304 g/mol. The van der Waals surface area contributed by atoms with Gasteiger partial charge in [-0.2, -0.15) is 0 Å². The molecule has 2 rings (SSSR count). The molecule has 0 aromatic carbocycles. The Bertz CT molecular complexity index is 428. The van der Waals surface area contributed by atoms with Crippen molar-refractivity contribution in [1.29, 1.82) is 0 Å². The van der Waals surface area contributed by atoms with E-state index >= 15 is 0 Å². The molecular formula is C14H28N2O3S. The van der Waals surface area contributed by atoms with Gasteiger partial charge in [0.2, 0.25) is 10.0 Å². The molecule has 2 unspecified atom stereocenters. The van der Waals surface area contributed by atoms with Crippen molar-refractivity contribution < 1.29 is 13.2 Å². The lowest BCUT2D eigenvalue weighted by Crippen LogP contribution is -2.63. The topological polar surface area (TPSA) is 58.6 Å². The zero-order chi connectivity index (χ0) is 15.0. The monoisotopic (exact) mass is 304 g/mol. The van der Waals surface area contributed by atoms with Crippen molar-refractivity contribution in [1.82, 2.24) is 9.62 Å². The van der Waals surface area contributed by atoms with Crippen LogP contribution in [0.4, 0.5) is 0 Å². The average Bonchev–Trinajstić information content (AvgIpc) is 2.37. The first-order valence-corrected chi connectivity index (χ1v) is 9.42. The van der Waals surface area contributed by atoms with Crippen molar-refractivity contribution in [3.05, 3.63) is 0 Å². The molecule has 1 N–H and O–H groups in total. The fourth-order valence-electron chi connectivity index (χ4n) is 3.29. The lowest BCUT2D eigenvalue weighted by Gasteiger charge is -2.53. The summed E-state index contributed by atoms with van der Waals surface area (Å²) in [5.41, 5.74) is 0.171. The van der Waals surface area contributed by atoms with Crippen LogP contribution in [0.25, 0.3) is 0 Å². The molecule has 0 aromatic heterocycles. The van der Waals surface area contributed by atoms with Crippen LogP contribution < -0.4 is 5.32 Å². The van der Waals surface area contributed by atoms with Crippen molar-refractivity contribution in [3.63, 3.8) is 0 Å². The molecule has 118 valence electrons. The van der Waals surface area contributed by atoms with Gasteiger partial charge in [0.05, 0.1) is 12.4 Å². The Morgan fingerprint density at radius 3 is 2.35 bits per heavy atom. The second-order valence-corrected chi connectivity index (χ2v) is 8.64. The van der Waals surface area contributed by atoms with Crippen LogP contribution in [-0.2, 0) is 14.8 Å². The Morgan fingerprint density at radius 1 is 1.30 bits per heavy atom. The number of hydrogen-bond donors (Lipinski definition) is 1. The molecule has 1 aliphatic carbocycles. The van der Waals surface area contributed by atoms with Crippen LogP contribution in [0.2, 0.25) is 0 Å². The maximum absolute atomic E-state index is 11.5. The summed E-state index contributed by atoms with van der Waals surface area (Å²) in [6.07, 6.45) is 4.51. The summed E-state index contributed by atoms with van der Waals surface area (Å²) in [6.45, 7) is 8.59. The Kier molecular flexibility index (Phi) is 4.79. The molecule has 1 heterocycles. The molecule has 5 nitrogen and oxygen atoms in total. The standard InChI is InChI=1S/C14H28N2O3S/c1-5-19-13-10-12(14(13,2)3)15-11-6-8-16(9-7-11)20(4,17)18/h11-13,15H,5-10H2,1-4H3. The molecule has 2 fully saturated rings. The van der Waals surface area contributed by atoms with E-state index in [9.17, 15) is 8.42 Å². The summed E-state index contributed by atoms with van der Waals surface area (Å²) >= 11 is 0. The largest absolute Gasteiger partial charge is 0.378 e. The quantitative estimate of drug-likeness (QED) is 0.829. The van der Waals surface area contributed by atoms with Crippen molar-refractivity contribution in [2.75, 3.05) is 26.0 Å². The summed E-state index contributed by atoms with van der Waals surface area (Å²) in [6, 6.07) is 0.911. The fraction of sp³-hybridized carbons (Fsp3) is 1.00. The summed E-state index contributed by atoms with van der Waals surface area (Å²) in [4.78, 5) is 0. The Balaban J connectivity index is 1.80. The van der Waals surface area contributed by atoms with Crippen molar-refractivity contribution >= 4 is 10.0 Å². The van der Waals surface area contributed by atoms with Gasteiger partial charge in [-0.25, -0.2) is 12.7 Å². The minimum atomic E-state index is -3.02. The number of nitrogens with one attached hydrogen (secondary N) is 1. The zero-order valence-corrected chi connectivity index (χ0v) is 13.9. The van der Waals surface area contributed by atoms with E-state index in [4.69, 9.17) is 4.74 Å². The van der Waals surface area contributed by atoms with Crippen LogP contribution in [0, 0.1) is 5.41 Å². The summed E-state index contributed by atoms with van der Waals surface area (Å²) in [5.74, 6) is 0. The molecule has 6 heteroatoms. The van der Waals surface area contributed by atoms with E-state index in [2.05, 4.69) is 19.2 Å². The SMILES string of the molecule is CCOC1CC(NC2CCN(S(C)(=O)=O)CC2)C1(C)C. The van der Waals surface area contributed by atoms with Crippen LogP contribution >= 0.6 is 0 Å². The van der Waals surface area contributed by atoms with Crippen molar-refractivity contribution in [2.45, 2.75) is 58.2 Å². The molecule has 0 bridgehead atoms. The van der Waals surface area contributed by atoms with Gasteiger partial charge < -0.3 is 10.1 Å². The highest BCUT2D eigenvalue weighted by Crippen LogP contribution is 2.43. The second kappa shape index (κ2) is 5.91. The van der Waals surface area contributed by atoms with E-state index in [1.54, 1.807) is 4.31 Å².